The van der Waals surface area contributed by atoms with Gasteiger partial charge in [0.05, 0.1) is 12.2 Å². The summed E-state index contributed by atoms with van der Waals surface area (Å²) in [6.07, 6.45) is 0. The second-order valence-electron chi connectivity index (χ2n) is 5.41. The first kappa shape index (κ1) is 20.8. The predicted molar refractivity (Wildman–Crippen MR) is 111 cm³/mol. The van der Waals surface area contributed by atoms with Crippen LogP contribution in [-0.4, -0.2) is 22.3 Å². The van der Waals surface area contributed by atoms with Gasteiger partial charge in [-0.1, -0.05) is 29.8 Å². The number of aryl methyl sites for hydroxylation is 2. The Morgan fingerprint density at radius 1 is 1.25 bits per heavy atom. The highest BCUT2D eigenvalue weighted by molar-refractivity contribution is 14.0. The summed E-state index contributed by atoms with van der Waals surface area (Å²) in [4.78, 5) is 4.61. The number of benzene rings is 1. The number of rotatable bonds is 5. The Bertz CT molecular complexity index is 696. The van der Waals surface area contributed by atoms with Crippen molar-refractivity contribution in [1.29, 1.82) is 0 Å². The Morgan fingerprint density at radius 2 is 1.96 bits per heavy atom. The van der Waals surface area contributed by atoms with Gasteiger partial charge in [0.25, 0.3) is 0 Å². The van der Waals surface area contributed by atoms with Gasteiger partial charge < -0.3 is 10.6 Å². The van der Waals surface area contributed by atoms with E-state index < -0.39 is 0 Å². The van der Waals surface area contributed by atoms with Crippen molar-refractivity contribution < 1.29 is 0 Å². The number of hydrogen-bond acceptors (Lipinski definition) is 2. The third kappa shape index (κ3) is 5.37. The Morgan fingerprint density at radius 3 is 2.54 bits per heavy atom. The molecule has 1 aromatic carbocycles. The van der Waals surface area contributed by atoms with Crippen LogP contribution in [0.25, 0.3) is 0 Å². The molecule has 5 nitrogen and oxygen atoms in total. The largest absolute Gasteiger partial charge is 0.357 e. The van der Waals surface area contributed by atoms with Crippen LogP contribution in [0.2, 0.25) is 5.02 Å². The van der Waals surface area contributed by atoms with E-state index >= 15 is 0 Å². The Balaban J connectivity index is 0.00000288. The molecule has 132 valence electrons. The first-order chi connectivity index (χ1) is 11.0. The van der Waals surface area contributed by atoms with Gasteiger partial charge in [-0.05, 0) is 32.4 Å². The van der Waals surface area contributed by atoms with Crippen LogP contribution in [0.15, 0.2) is 29.3 Å². The van der Waals surface area contributed by atoms with Crippen LogP contribution in [0, 0.1) is 13.8 Å². The minimum Gasteiger partial charge on any atom is -0.357 e. The van der Waals surface area contributed by atoms with Crippen LogP contribution < -0.4 is 10.6 Å². The molecule has 7 heteroatoms. The maximum absolute atomic E-state index is 6.18. The lowest BCUT2D eigenvalue weighted by Gasteiger charge is -2.12. The fourth-order valence-corrected chi connectivity index (χ4v) is 2.57. The number of aliphatic imine (C=N–C) groups is 1. The van der Waals surface area contributed by atoms with E-state index in [0.717, 1.165) is 34.5 Å². The summed E-state index contributed by atoms with van der Waals surface area (Å²) < 4.78 is 1.90. The fourth-order valence-electron chi connectivity index (χ4n) is 2.38. The van der Waals surface area contributed by atoms with Gasteiger partial charge in [0.2, 0.25) is 0 Å². The van der Waals surface area contributed by atoms with Gasteiger partial charge in [0.1, 0.15) is 0 Å². The molecule has 2 rings (SSSR count). The lowest BCUT2D eigenvalue weighted by molar-refractivity contribution is 0.728. The lowest BCUT2D eigenvalue weighted by Crippen LogP contribution is -2.37. The summed E-state index contributed by atoms with van der Waals surface area (Å²) in [5, 5.41) is 11.8. The van der Waals surface area contributed by atoms with E-state index in [1.165, 1.54) is 5.56 Å². The SMILES string of the molecule is CCNC(=NCc1ccccc1Cl)NCc1c(C)nn(C)c1C.I. The molecule has 0 spiro atoms. The minimum atomic E-state index is 0. The molecule has 2 aromatic rings. The molecule has 0 aliphatic carbocycles. The van der Waals surface area contributed by atoms with Gasteiger partial charge in [-0.3, -0.25) is 4.68 Å². The van der Waals surface area contributed by atoms with E-state index in [2.05, 4.69) is 27.6 Å². The molecule has 2 N–H and O–H groups in total. The van der Waals surface area contributed by atoms with Gasteiger partial charge in [-0.2, -0.15) is 5.10 Å². The number of nitrogens with one attached hydrogen (secondary N) is 2. The monoisotopic (exact) mass is 461 g/mol. The quantitative estimate of drug-likeness (QED) is 0.407. The molecule has 1 heterocycles. The first-order valence-electron chi connectivity index (χ1n) is 7.77. The highest BCUT2D eigenvalue weighted by Gasteiger charge is 2.09. The van der Waals surface area contributed by atoms with E-state index in [1.54, 1.807) is 0 Å². The smallest absolute Gasteiger partial charge is 0.191 e. The summed E-state index contributed by atoms with van der Waals surface area (Å²) >= 11 is 6.18. The van der Waals surface area contributed by atoms with Crippen LogP contribution in [0.5, 0.6) is 0 Å². The van der Waals surface area contributed by atoms with Crippen LogP contribution in [0.3, 0.4) is 0 Å². The Hall–Kier alpha value is -1.28. The molecule has 0 bridgehead atoms. The summed E-state index contributed by atoms with van der Waals surface area (Å²) in [7, 11) is 1.96. The van der Waals surface area contributed by atoms with Crippen molar-refractivity contribution in [2.75, 3.05) is 6.54 Å². The summed E-state index contributed by atoms with van der Waals surface area (Å²) in [5.41, 5.74) is 4.42. The third-order valence-electron chi connectivity index (χ3n) is 3.80. The van der Waals surface area contributed by atoms with E-state index in [1.807, 2.05) is 49.8 Å². The predicted octanol–water partition coefficient (Wildman–Crippen LogP) is 3.56. The van der Waals surface area contributed by atoms with Gasteiger partial charge in [0.15, 0.2) is 5.96 Å². The highest BCUT2D eigenvalue weighted by Crippen LogP contribution is 2.15. The van der Waals surface area contributed by atoms with Crippen molar-refractivity contribution in [3.05, 3.63) is 51.8 Å². The van der Waals surface area contributed by atoms with E-state index in [0.29, 0.717) is 13.1 Å². The van der Waals surface area contributed by atoms with Crippen LogP contribution >= 0.6 is 35.6 Å². The molecule has 0 saturated carbocycles. The second kappa shape index (κ2) is 9.88. The van der Waals surface area contributed by atoms with Crippen LogP contribution in [0.1, 0.15) is 29.4 Å². The molecule has 1 aromatic heterocycles. The maximum Gasteiger partial charge on any atom is 0.191 e. The average Bonchev–Trinajstić information content (AvgIpc) is 2.77. The Labute approximate surface area is 165 Å². The summed E-state index contributed by atoms with van der Waals surface area (Å²) in [6.45, 7) is 8.19. The Kier molecular flexibility index (Phi) is 8.55. The zero-order chi connectivity index (χ0) is 16.8. The van der Waals surface area contributed by atoms with Gasteiger partial charge in [-0.25, -0.2) is 4.99 Å². The average molecular weight is 462 g/mol. The number of nitrogens with zero attached hydrogens (tertiary/aromatic N) is 3. The molecular weight excluding hydrogens is 437 g/mol. The van der Waals surface area contributed by atoms with Crippen molar-refractivity contribution in [3.63, 3.8) is 0 Å². The standard InChI is InChI=1S/C17H24ClN5.HI/c1-5-19-17(20-10-14-8-6-7-9-16(14)18)21-11-15-12(2)22-23(4)13(15)3;/h6-9H,5,10-11H2,1-4H3,(H2,19,20,21);1H. The number of halogens is 2. The lowest BCUT2D eigenvalue weighted by atomic mass is 10.2. The molecule has 0 amide bonds. The summed E-state index contributed by atoms with van der Waals surface area (Å²) in [6, 6.07) is 7.77. The van der Waals surface area contributed by atoms with Gasteiger partial charge in [0, 0.05) is 36.4 Å². The van der Waals surface area contributed by atoms with Crippen molar-refractivity contribution >= 4 is 41.5 Å². The number of guanidine groups is 1. The van der Waals surface area contributed by atoms with Gasteiger partial charge in [-0.15, -0.1) is 24.0 Å². The van der Waals surface area contributed by atoms with E-state index in [4.69, 9.17) is 11.6 Å². The topological polar surface area (TPSA) is 54.2 Å². The molecule has 0 saturated heterocycles. The van der Waals surface area contributed by atoms with Crippen LogP contribution in [0.4, 0.5) is 0 Å². The number of hydrogen-bond donors (Lipinski definition) is 2. The molecule has 0 aliphatic rings. The molecule has 0 aliphatic heterocycles. The minimum absolute atomic E-state index is 0. The molecule has 0 unspecified atom stereocenters. The van der Waals surface area contributed by atoms with Crippen molar-refractivity contribution in [2.24, 2.45) is 12.0 Å². The molecule has 0 radical (unpaired) electrons. The van der Waals surface area contributed by atoms with Crippen molar-refractivity contribution in [2.45, 2.75) is 33.9 Å². The number of aromatic nitrogens is 2. The van der Waals surface area contributed by atoms with Crippen molar-refractivity contribution in [3.8, 4) is 0 Å². The zero-order valence-electron chi connectivity index (χ0n) is 14.6. The molecule has 0 fully saturated rings. The second-order valence-corrected chi connectivity index (χ2v) is 5.82. The fraction of sp³-hybridized carbons (Fsp3) is 0.412. The van der Waals surface area contributed by atoms with E-state index in [-0.39, 0.29) is 24.0 Å². The summed E-state index contributed by atoms with van der Waals surface area (Å²) in [5.74, 6) is 0.773. The van der Waals surface area contributed by atoms with E-state index in [9.17, 15) is 0 Å². The molecule has 0 atom stereocenters. The molecule has 24 heavy (non-hydrogen) atoms. The normalized spacial score (nSPS) is 11.1. The zero-order valence-corrected chi connectivity index (χ0v) is 17.6. The molecular formula is C17H25ClIN5. The van der Waals surface area contributed by atoms with Gasteiger partial charge >= 0.3 is 0 Å². The maximum atomic E-state index is 6.18. The van der Waals surface area contributed by atoms with Crippen molar-refractivity contribution in [1.82, 2.24) is 20.4 Å². The highest BCUT2D eigenvalue weighted by atomic mass is 127. The third-order valence-corrected chi connectivity index (χ3v) is 4.17. The first-order valence-corrected chi connectivity index (χ1v) is 8.15. The van der Waals surface area contributed by atoms with Crippen LogP contribution in [-0.2, 0) is 20.1 Å².